The second kappa shape index (κ2) is 12.8. The van der Waals surface area contributed by atoms with Crippen LogP contribution in [0.5, 0.6) is 0 Å². The van der Waals surface area contributed by atoms with Crippen molar-refractivity contribution in [3.63, 3.8) is 0 Å². The first-order valence-electron chi connectivity index (χ1n) is 13.3. The summed E-state index contributed by atoms with van der Waals surface area (Å²) in [6.45, 7) is 13.4. The molecule has 0 saturated carbocycles. The van der Waals surface area contributed by atoms with Crippen LogP contribution in [0.3, 0.4) is 0 Å². The maximum absolute atomic E-state index is 13.5. The Kier molecular flexibility index (Phi) is 9.74. The summed E-state index contributed by atoms with van der Waals surface area (Å²) in [6.07, 6.45) is 0.288. The van der Waals surface area contributed by atoms with Crippen LogP contribution < -0.4 is 5.32 Å². The number of benzene rings is 1. The van der Waals surface area contributed by atoms with Gasteiger partial charge < -0.3 is 24.3 Å². The molecule has 0 radical (unpaired) electrons. The van der Waals surface area contributed by atoms with Crippen molar-refractivity contribution in [2.24, 2.45) is 5.92 Å². The molecular weight excluding hydrogens is 512 g/mol. The zero-order valence-corrected chi connectivity index (χ0v) is 24.2. The molecule has 0 saturated heterocycles. The first-order chi connectivity index (χ1) is 18.7. The minimum Gasteiger partial charge on any atom is -0.475 e. The Labute approximate surface area is 234 Å². The summed E-state index contributed by atoms with van der Waals surface area (Å²) in [7, 11) is 0. The Balaban J connectivity index is 2.02. The lowest BCUT2D eigenvalue weighted by molar-refractivity contribution is 0.0498. The van der Waals surface area contributed by atoms with Crippen molar-refractivity contribution in [1.29, 1.82) is 0 Å². The van der Waals surface area contributed by atoms with E-state index in [-0.39, 0.29) is 31.3 Å². The van der Waals surface area contributed by atoms with Gasteiger partial charge >= 0.3 is 18.0 Å². The van der Waals surface area contributed by atoms with E-state index in [2.05, 4.69) is 19.2 Å². The van der Waals surface area contributed by atoms with Crippen LogP contribution in [0.25, 0.3) is 11.1 Å². The van der Waals surface area contributed by atoms with Gasteiger partial charge in [-0.1, -0.05) is 43.7 Å². The second-order valence-electron chi connectivity index (χ2n) is 11.1. The van der Waals surface area contributed by atoms with Crippen molar-refractivity contribution < 1.29 is 33.4 Å². The van der Waals surface area contributed by atoms with Gasteiger partial charge in [-0.2, -0.15) is 0 Å². The number of alkyl carbamates (subject to hydrolysis) is 1. The van der Waals surface area contributed by atoms with Gasteiger partial charge in [0.1, 0.15) is 11.4 Å². The molecule has 40 heavy (non-hydrogen) atoms. The molecule has 9 nitrogen and oxygen atoms in total. The van der Waals surface area contributed by atoms with Crippen LogP contribution >= 0.6 is 0 Å². The maximum atomic E-state index is 13.5. The number of carboxylic acids is 1. The summed E-state index contributed by atoms with van der Waals surface area (Å²) < 4.78 is 16.4. The van der Waals surface area contributed by atoms with E-state index in [1.54, 1.807) is 33.8 Å². The molecule has 1 amide bonds. The maximum Gasteiger partial charge on any atom is 0.407 e. The number of esters is 1. The van der Waals surface area contributed by atoms with Crippen LogP contribution in [0, 0.1) is 19.8 Å². The van der Waals surface area contributed by atoms with E-state index in [1.807, 2.05) is 31.2 Å². The summed E-state index contributed by atoms with van der Waals surface area (Å²) in [5.41, 5.74) is 4.18. The molecule has 0 aliphatic carbocycles. The molecule has 214 valence electrons. The van der Waals surface area contributed by atoms with Crippen LogP contribution in [0.15, 0.2) is 40.8 Å². The van der Waals surface area contributed by atoms with E-state index in [0.29, 0.717) is 29.0 Å². The molecular formula is C31H38N2O7. The normalized spacial score (nSPS) is 11.4. The molecule has 0 atom stereocenters. The zero-order chi connectivity index (χ0) is 29.6. The zero-order valence-electron chi connectivity index (χ0n) is 24.2. The first-order valence-corrected chi connectivity index (χ1v) is 13.3. The number of carbonyl (C=O) groups excluding carboxylic acids is 2. The molecule has 0 aliphatic heterocycles. The average molecular weight is 551 g/mol. The van der Waals surface area contributed by atoms with E-state index in [0.717, 1.165) is 22.4 Å². The van der Waals surface area contributed by atoms with Gasteiger partial charge in [-0.05, 0) is 64.7 Å². The highest BCUT2D eigenvalue weighted by molar-refractivity contribution is 5.99. The topological polar surface area (TPSA) is 128 Å². The molecule has 0 aliphatic rings. The quantitative estimate of drug-likeness (QED) is 0.282. The number of ether oxygens (including phenoxy) is 2. The van der Waals surface area contributed by atoms with Crippen molar-refractivity contribution in [2.75, 3.05) is 6.61 Å². The average Bonchev–Trinajstić information content (AvgIpc) is 3.31. The molecule has 2 N–H and O–H groups in total. The van der Waals surface area contributed by atoms with Gasteiger partial charge in [0.2, 0.25) is 5.76 Å². The molecule has 3 rings (SSSR count). The van der Waals surface area contributed by atoms with Crippen molar-refractivity contribution in [3.8, 4) is 11.1 Å². The lowest BCUT2D eigenvalue weighted by Crippen LogP contribution is -2.33. The third kappa shape index (κ3) is 8.18. The number of aromatic nitrogens is 1. The van der Waals surface area contributed by atoms with Gasteiger partial charge in [0.05, 0.1) is 17.9 Å². The lowest BCUT2D eigenvalue weighted by atomic mass is 9.89. The van der Waals surface area contributed by atoms with Crippen molar-refractivity contribution >= 4 is 18.0 Å². The molecule has 0 unspecified atom stereocenters. The molecule has 9 heteroatoms. The largest absolute Gasteiger partial charge is 0.475 e. The summed E-state index contributed by atoms with van der Waals surface area (Å²) in [6, 6.07) is 10.7. The molecule has 0 fully saturated rings. The minimum atomic E-state index is -1.17. The number of pyridine rings is 1. The highest BCUT2D eigenvalue weighted by atomic mass is 16.6. The highest BCUT2D eigenvalue weighted by Crippen LogP contribution is 2.33. The van der Waals surface area contributed by atoms with Crippen molar-refractivity contribution in [2.45, 2.75) is 73.5 Å². The monoisotopic (exact) mass is 550 g/mol. The van der Waals surface area contributed by atoms with Crippen LogP contribution in [0.1, 0.15) is 83.8 Å². The smallest absolute Gasteiger partial charge is 0.407 e. The minimum absolute atomic E-state index is 0.0164. The van der Waals surface area contributed by atoms with E-state index < -0.39 is 23.6 Å². The summed E-state index contributed by atoms with van der Waals surface area (Å²) in [5, 5.41) is 11.9. The van der Waals surface area contributed by atoms with Crippen LogP contribution in [-0.4, -0.2) is 40.3 Å². The number of hydrogen-bond acceptors (Lipinski definition) is 7. The van der Waals surface area contributed by atoms with Crippen molar-refractivity contribution in [1.82, 2.24) is 10.3 Å². The molecule has 2 heterocycles. The van der Waals surface area contributed by atoms with Crippen LogP contribution in [0.2, 0.25) is 0 Å². The van der Waals surface area contributed by atoms with Gasteiger partial charge in [-0.3, -0.25) is 4.98 Å². The number of nitrogens with one attached hydrogen (secondary N) is 1. The van der Waals surface area contributed by atoms with Crippen molar-refractivity contribution in [3.05, 3.63) is 76.0 Å². The SMILES string of the molecule is Cc1ccc(-c2c(CNC(=O)OC(C)(C)C)c(CC(C)C)nc(C)c2C(=O)OCCc2ccc(C(=O)O)o2)cc1. The fourth-order valence-corrected chi connectivity index (χ4v) is 4.25. The summed E-state index contributed by atoms with van der Waals surface area (Å²) >= 11 is 0. The number of amides is 1. The Morgan fingerprint density at radius 3 is 2.30 bits per heavy atom. The third-order valence-corrected chi connectivity index (χ3v) is 5.97. The predicted molar refractivity (Wildman–Crippen MR) is 150 cm³/mol. The predicted octanol–water partition coefficient (Wildman–Crippen LogP) is 6.28. The third-order valence-electron chi connectivity index (χ3n) is 5.97. The van der Waals surface area contributed by atoms with Gasteiger partial charge in [-0.15, -0.1) is 0 Å². The highest BCUT2D eigenvalue weighted by Gasteiger charge is 2.26. The second-order valence-corrected chi connectivity index (χ2v) is 11.1. The number of carbonyl (C=O) groups is 3. The van der Waals surface area contributed by atoms with E-state index in [9.17, 15) is 14.4 Å². The summed E-state index contributed by atoms with van der Waals surface area (Å²) in [4.78, 5) is 42.0. The number of aromatic carboxylic acids is 1. The number of carboxylic acid groups (broad SMARTS) is 1. The van der Waals surface area contributed by atoms with E-state index in [1.165, 1.54) is 6.07 Å². The van der Waals surface area contributed by atoms with Crippen LogP contribution in [0.4, 0.5) is 4.79 Å². The molecule has 2 aromatic heterocycles. The van der Waals surface area contributed by atoms with Gasteiger partial charge in [-0.25, -0.2) is 14.4 Å². The summed E-state index contributed by atoms with van der Waals surface area (Å²) in [5.74, 6) is -1.24. The molecule has 0 bridgehead atoms. The number of aryl methyl sites for hydroxylation is 2. The number of rotatable bonds is 10. The van der Waals surface area contributed by atoms with E-state index in [4.69, 9.17) is 24.0 Å². The fraction of sp³-hybridized carbons (Fsp3) is 0.419. The Bertz CT molecular complexity index is 1370. The number of nitrogens with zero attached hydrogens (tertiary/aromatic N) is 1. The molecule has 3 aromatic rings. The number of furan rings is 1. The number of hydrogen-bond donors (Lipinski definition) is 2. The van der Waals surface area contributed by atoms with Gasteiger partial charge in [0.15, 0.2) is 0 Å². The molecule has 0 spiro atoms. The Morgan fingerprint density at radius 1 is 1.05 bits per heavy atom. The standard InChI is InChI=1S/C31H38N2O7/c1-18(2)16-24-23(17-32-30(37)40-31(5,6)7)27(21-10-8-19(3)9-11-21)26(20(4)33-24)29(36)38-15-14-22-12-13-25(39-22)28(34)35/h8-13,18H,14-17H2,1-7H3,(H,32,37)(H,34,35). The molecule has 1 aromatic carbocycles. The lowest BCUT2D eigenvalue weighted by Gasteiger charge is -2.23. The Morgan fingerprint density at radius 2 is 1.73 bits per heavy atom. The van der Waals surface area contributed by atoms with Crippen LogP contribution in [-0.2, 0) is 28.9 Å². The fourth-order valence-electron chi connectivity index (χ4n) is 4.25. The first kappa shape index (κ1) is 30.4. The van der Waals surface area contributed by atoms with Gasteiger partial charge in [0, 0.05) is 29.8 Å². The van der Waals surface area contributed by atoms with Gasteiger partial charge in [0.25, 0.3) is 0 Å². The Hall–Kier alpha value is -4.14. The van der Waals surface area contributed by atoms with E-state index >= 15 is 0 Å².